The zero-order valence-corrected chi connectivity index (χ0v) is 15.2. The Morgan fingerprint density at radius 3 is 2.85 bits per heavy atom. The maximum atomic E-state index is 12.3. The molecule has 7 heteroatoms. The Morgan fingerprint density at radius 1 is 1.22 bits per heavy atom. The number of imidazole rings is 1. The van der Waals surface area contributed by atoms with E-state index in [0.29, 0.717) is 11.3 Å². The third kappa shape index (κ3) is 4.63. The average molecular weight is 367 g/mol. The van der Waals surface area contributed by atoms with Crippen LogP contribution >= 0.6 is 0 Å². The van der Waals surface area contributed by atoms with Crippen molar-refractivity contribution < 1.29 is 19.1 Å². The van der Waals surface area contributed by atoms with Crippen molar-refractivity contribution in [3.05, 3.63) is 66.1 Å². The molecule has 1 N–H and O–H groups in total. The van der Waals surface area contributed by atoms with E-state index in [1.165, 1.54) is 0 Å². The normalized spacial score (nSPS) is 11.8. The molecule has 3 aromatic rings. The predicted octanol–water partition coefficient (Wildman–Crippen LogP) is 2.59. The van der Waals surface area contributed by atoms with E-state index in [0.717, 1.165) is 11.3 Å². The van der Waals surface area contributed by atoms with Gasteiger partial charge in [-0.3, -0.25) is 4.79 Å². The van der Waals surface area contributed by atoms with Gasteiger partial charge in [-0.2, -0.15) is 0 Å². The number of aromatic nitrogens is 2. The number of pyridine rings is 1. The fourth-order valence-electron chi connectivity index (χ4n) is 2.55. The van der Waals surface area contributed by atoms with Crippen LogP contribution in [0.1, 0.15) is 29.9 Å². The molecule has 2 aromatic heterocycles. The highest BCUT2D eigenvalue weighted by atomic mass is 16.5. The summed E-state index contributed by atoms with van der Waals surface area (Å²) in [7, 11) is 0. The number of carbonyl (C=O) groups is 2. The van der Waals surface area contributed by atoms with Crippen LogP contribution in [-0.4, -0.2) is 33.9 Å². The van der Waals surface area contributed by atoms with Gasteiger partial charge in [-0.05, 0) is 44.2 Å². The van der Waals surface area contributed by atoms with Crippen molar-refractivity contribution in [2.75, 3.05) is 6.61 Å². The van der Waals surface area contributed by atoms with Gasteiger partial charge in [0, 0.05) is 18.0 Å². The Hall–Kier alpha value is -3.35. The molecule has 0 unspecified atom stereocenters. The number of benzene rings is 1. The van der Waals surface area contributed by atoms with Crippen molar-refractivity contribution >= 4 is 17.5 Å². The molecule has 0 aliphatic carbocycles. The molecular weight excluding hydrogens is 346 g/mol. The van der Waals surface area contributed by atoms with Crippen LogP contribution < -0.4 is 10.1 Å². The molecule has 0 aliphatic rings. The number of ether oxygens (including phenoxy) is 2. The van der Waals surface area contributed by atoms with Crippen LogP contribution in [0.4, 0.5) is 0 Å². The van der Waals surface area contributed by atoms with Gasteiger partial charge >= 0.3 is 5.97 Å². The molecule has 1 aromatic carbocycles. The Balaban J connectivity index is 1.62. The number of hydrogen-bond donors (Lipinski definition) is 1. The quantitative estimate of drug-likeness (QED) is 0.649. The lowest BCUT2D eigenvalue weighted by Crippen LogP contribution is -2.39. The van der Waals surface area contributed by atoms with Crippen molar-refractivity contribution in [2.24, 2.45) is 0 Å². The second kappa shape index (κ2) is 8.35. The number of carbonyl (C=O) groups excluding carboxylic acids is 2. The van der Waals surface area contributed by atoms with E-state index in [4.69, 9.17) is 9.47 Å². The third-order valence-corrected chi connectivity index (χ3v) is 3.88. The van der Waals surface area contributed by atoms with Crippen LogP contribution in [-0.2, 0) is 16.1 Å². The summed E-state index contributed by atoms with van der Waals surface area (Å²) in [6.07, 6.45) is 3.81. The van der Waals surface area contributed by atoms with Crippen molar-refractivity contribution in [2.45, 2.75) is 26.5 Å². The predicted molar refractivity (Wildman–Crippen MR) is 99.5 cm³/mol. The van der Waals surface area contributed by atoms with Gasteiger partial charge in [0.05, 0.1) is 12.3 Å². The van der Waals surface area contributed by atoms with Gasteiger partial charge in [-0.15, -0.1) is 0 Å². The smallest absolute Gasteiger partial charge is 0.328 e. The Labute approximate surface area is 156 Å². The van der Waals surface area contributed by atoms with Crippen molar-refractivity contribution in [3.8, 4) is 5.75 Å². The summed E-state index contributed by atoms with van der Waals surface area (Å²) in [4.78, 5) is 28.4. The standard InChI is InChI=1S/C20H21N3O4/c1-3-26-20(25)14(2)21-19(24)15-7-6-8-17(11-15)27-13-16-12-23-10-5-4-9-18(23)22-16/h4-12,14H,3,13H2,1-2H3,(H,21,24)/t14-/m0/s1. The molecule has 1 amide bonds. The van der Waals surface area contributed by atoms with Crippen molar-refractivity contribution in [1.29, 1.82) is 0 Å². The zero-order chi connectivity index (χ0) is 19.2. The molecule has 3 rings (SSSR count). The highest BCUT2D eigenvalue weighted by molar-refractivity contribution is 5.97. The Kier molecular flexibility index (Phi) is 5.71. The van der Waals surface area contributed by atoms with E-state index in [1.54, 1.807) is 38.1 Å². The fraction of sp³-hybridized carbons (Fsp3) is 0.250. The summed E-state index contributed by atoms with van der Waals surface area (Å²) >= 11 is 0. The molecule has 0 saturated heterocycles. The maximum absolute atomic E-state index is 12.3. The summed E-state index contributed by atoms with van der Waals surface area (Å²) in [5.41, 5.74) is 2.03. The van der Waals surface area contributed by atoms with E-state index >= 15 is 0 Å². The maximum Gasteiger partial charge on any atom is 0.328 e. The van der Waals surface area contributed by atoms with Gasteiger partial charge in [0.15, 0.2) is 0 Å². The lowest BCUT2D eigenvalue weighted by molar-refractivity contribution is -0.144. The molecule has 0 radical (unpaired) electrons. The second-order valence-corrected chi connectivity index (χ2v) is 5.96. The largest absolute Gasteiger partial charge is 0.487 e. The number of rotatable bonds is 7. The third-order valence-electron chi connectivity index (χ3n) is 3.88. The summed E-state index contributed by atoms with van der Waals surface area (Å²) in [5.74, 6) is -0.290. The molecule has 2 heterocycles. The number of esters is 1. The van der Waals surface area contributed by atoms with Gasteiger partial charge < -0.3 is 19.2 Å². The first-order valence-electron chi connectivity index (χ1n) is 8.70. The molecule has 140 valence electrons. The molecule has 7 nitrogen and oxygen atoms in total. The zero-order valence-electron chi connectivity index (χ0n) is 15.2. The summed E-state index contributed by atoms with van der Waals surface area (Å²) in [6, 6.07) is 11.8. The highest BCUT2D eigenvalue weighted by Gasteiger charge is 2.17. The van der Waals surface area contributed by atoms with Crippen LogP contribution in [0.3, 0.4) is 0 Å². The average Bonchev–Trinajstić information content (AvgIpc) is 3.09. The topological polar surface area (TPSA) is 81.9 Å². The minimum Gasteiger partial charge on any atom is -0.487 e. The lowest BCUT2D eigenvalue weighted by Gasteiger charge is -2.13. The molecular formula is C20H21N3O4. The first-order valence-corrected chi connectivity index (χ1v) is 8.70. The monoisotopic (exact) mass is 367 g/mol. The first-order chi connectivity index (χ1) is 13.1. The fourth-order valence-corrected chi connectivity index (χ4v) is 2.55. The van der Waals surface area contributed by atoms with Gasteiger partial charge in [0.25, 0.3) is 5.91 Å². The second-order valence-electron chi connectivity index (χ2n) is 5.96. The first kappa shape index (κ1) is 18.4. The van der Waals surface area contributed by atoms with E-state index in [2.05, 4.69) is 10.3 Å². The number of fused-ring (bicyclic) bond motifs is 1. The van der Waals surface area contributed by atoms with Crippen LogP contribution in [0.25, 0.3) is 5.65 Å². The Bertz CT molecular complexity index is 918. The summed E-state index contributed by atoms with van der Waals surface area (Å²) in [5, 5.41) is 2.61. The number of hydrogen-bond acceptors (Lipinski definition) is 5. The van der Waals surface area contributed by atoms with E-state index < -0.39 is 12.0 Å². The van der Waals surface area contributed by atoms with Gasteiger partial charge in [0.2, 0.25) is 0 Å². The lowest BCUT2D eigenvalue weighted by atomic mass is 10.2. The molecule has 0 aliphatic heterocycles. The Morgan fingerprint density at radius 2 is 2.07 bits per heavy atom. The van der Waals surface area contributed by atoms with Crippen LogP contribution in [0, 0.1) is 0 Å². The number of nitrogens with one attached hydrogen (secondary N) is 1. The minimum absolute atomic E-state index is 0.269. The van der Waals surface area contributed by atoms with Gasteiger partial charge in [0.1, 0.15) is 24.0 Å². The van der Waals surface area contributed by atoms with Crippen LogP contribution in [0.2, 0.25) is 0 Å². The minimum atomic E-state index is -0.722. The molecule has 0 bridgehead atoms. The summed E-state index contributed by atoms with van der Waals surface area (Å²) in [6.45, 7) is 3.85. The molecule has 0 fully saturated rings. The van der Waals surface area contributed by atoms with E-state index in [-0.39, 0.29) is 19.1 Å². The molecule has 27 heavy (non-hydrogen) atoms. The van der Waals surface area contributed by atoms with Crippen LogP contribution in [0.5, 0.6) is 5.75 Å². The SMILES string of the molecule is CCOC(=O)[C@H](C)NC(=O)c1cccc(OCc2cn3ccccc3n2)c1. The van der Waals surface area contributed by atoms with Gasteiger partial charge in [-0.25, -0.2) is 9.78 Å². The summed E-state index contributed by atoms with van der Waals surface area (Å²) < 4.78 is 12.6. The van der Waals surface area contributed by atoms with Crippen LogP contribution in [0.15, 0.2) is 54.9 Å². The van der Waals surface area contributed by atoms with E-state index in [1.807, 2.05) is 35.0 Å². The molecule has 0 saturated carbocycles. The number of amides is 1. The van der Waals surface area contributed by atoms with Gasteiger partial charge in [-0.1, -0.05) is 12.1 Å². The van der Waals surface area contributed by atoms with Crippen molar-refractivity contribution in [1.82, 2.24) is 14.7 Å². The molecule has 0 spiro atoms. The molecule has 1 atom stereocenters. The van der Waals surface area contributed by atoms with Crippen molar-refractivity contribution in [3.63, 3.8) is 0 Å². The highest BCUT2D eigenvalue weighted by Crippen LogP contribution is 2.16. The number of nitrogens with zero attached hydrogens (tertiary/aromatic N) is 2. The van der Waals surface area contributed by atoms with E-state index in [9.17, 15) is 9.59 Å².